The van der Waals surface area contributed by atoms with Crippen LogP contribution in [0.5, 0.6) is 0 Å². The molecule has 106 valence electrons. The molecule has 7 heteroatoms. The van der Waals surface area contributed by atoms with Gasteiger partial charge in [-0.05, 0) is 13.8 Å². The van der Waals surface area contributed by atoms with Crippen molar-refractivity contribution in [3.63, 3.8) is 0 Å². The van der Waals surface area contributed by atoms with E-state index in [4.69, 9.17) is 14.6 Å². The predicted octanol–water partition coefficient (Wildman–Crippen LogP) is 1.55. The van der Waals surface area contributed by atoms with Gasteiger partial charge in [0.2, 0.25) is 0 Å². The molecular formula is C12H18N2O4S. The highest BCUT2D eigenvalue weighted by atomic mass is 32.2. The normalized spacial score (nSPS) is 10.7. The zero-order valence-corrected chi connectivity index (χ0v) is 12.1. The summed E-state index contributed by atoms with van der Waals surface area (Å²) in [5.74, 6) is 0.213. The van der Waals surface area contributed by atoms with Crippen LogP contribution in [0.15, 0.2) is 5.03 Å². The van der Waals surface area contributed by atoms with Gasteiger partial charge in [-0.2, -0.15) is 0 Å². The minimum absolute atomic E-state index is 0.174. The number of hydrogen-bond donors (Lipinski definition) is 1. The molecule has 1 aromatic rings. The average molecular weight is 286 g/mol. The molecule has 0 fully saturated rings. The highest BCUT2D eigenvalue weighted by Crippen LogP contribution is 2.22. The van der Waals surface area contributed by atoms with Crippen LogP contribution in [-0.4, -0.2) is 53.7 Å². The maximum Gasteiger partial charge on any atom is 0.340 e. The van der Waals surface area contributed by atoms with Crippen LogP contribution in [0.2, 0.25) is 0 Å². The highest BCUT2D eigenvalue weighted by Gasteiger charge is 2.17. The molecule has 0 aromatic carbocycles. The van der Waals surface area contributed by atoms with E-state index in [2.05, 4.69) is 9.97 Å². The lowest BCUT2D eigenvalue weighted by atomic mass is 10.2. The van der Waals surface area contributed by atoms with Gasteiger partial charge in [-0.15, -0.1) is 11.8 Å². The molecule has 1 rings (SSSR count). The van der Waals surface area contributed by atoms with Crippen molar-refractivity contribution >= 4 is 17.7 Å². The van der Waals surface area contributed by atoms with Gasteiger partial charge in [0.15, 0.2) is 0 Å². The number of hydrogen-bond acceptors (Lipinski definition) is 6. The second kappa shape index (κ2) is 8.08. The Balaban J connectivity index is 2.59. The molecule has 19 heavy (non-hydrogen) atoms. The fraction of sp³-hybridized carbons (Fsp3) is 0.583. The Morgan fingerprint density at radius 2 is 2.00 bits per heavy atom. The van der Waals surface area contributed by atoms with E-state index in [0.29, 0.717) is 42.1 Å². The van der Waals surface area contributed by atoms with Crippen LogP contribution in [0.1, 0.15) is 21.9 Å². The molecule has 0 spiro atoms. The molecule has 0 aliphatic carbocycles. The molecule has 0 atom stereocenters. The molecular weight excluding hydrogens is 268 g/mol. The number of carboxylic acid groups (broad SMARTS) is 1. The molecule has 0 amide bonds. The summed E-state index contributed by atoms with van der Waals surface area (Å²) in [6.45, 7) is 5.03. The summed E-state index contributed by atoms with van der Waals surface area (Å²) in [4.78, 5) is 19.4. The summed E-state index contributed by atoms with van der Waals surface area (Å²) in [5, 5.41) is 9.66. The Bertz CT molecular complexity index is 440. The monoisotopic (exact) mass is 286 g/mol. The zero-order chi connectivity index (χ0) is 14.3. The van der Waals surface area contributed by atoms with Crippen molar-refractivity contribution in [2.45, 2.75) is 18.9 Å². The minimum Gasteiger partial charge on any atom is -0.478 e. The molecule has 0 unspecified atom stereocenters. The Kier molecular flexibility index (Phi) is 6.75. The smallest absolute Gasteiger partial charge is 0.340 e. The molecule has 6 nitrogen and oxygen atoms in total. The lowest BCUT2D eigenvalue weighted by molar-refractivity contribution is 0.0690. The van der Waals surface area contributed by atoms with Gasteiger partial charge in [-0.1, -0.05) is 0 Å². The van der Waals surface area contributed by atoms with E-state index in [0.717, 1.165) is 0 Å². The number of aromatic nitrogens is 2. The van der Waals surface area contributed by atoms with Crippen LogP contribution in [-0.2, 0) is 9.47 Å². The van der Waals surface area contributed by atoms with E-state index in [1.54, 1.807) is 21.0 Å². The lowest BCUT2D eigenvalue weighted by Gasteiger charge is -2.08. The average Bonchev–Trinajstić information content (AvgIpc) is 2.32. The Morgan fingerprint density at radius 1 is 1.26 bits per heavy atom. The number of rotatable bonds is 8. The molecule has 1 N–H and O–H groups in total. The number of aryl methyl sites for hydroxylation is 2. The number of aromatic carboxylic acids is 1. The SMILES string of the molecule is COCCOCCSc1nc(C)nc(C)c1C(=O)O. The first-order valence-electron chi connectivity index (χ1n) is 5.84. The van der Waals surface area contributed by atoms with E-state index in [-0.39, 0.29) is 5.56 Å². The fourth-order valence-electron chi connectivity index (χ4n) is 1.47. The van der Waals surface area contributed by atoms with E-state index >= 15 is 0 Å². The van der Waals surface area contributed by atoms with Crippen molar-refractivity contribution in [3.05, 3.63) is 17.1 Å². The van der Waals surface area contributed by atoms with Crippen molar-refractivity contribution in [1.29, 1.82) is 0 Å². The van der Waals surface area contributed by atoms with Crippen molar-refractivity contribution in [2.75, 3.05) is 32.7 Å². The first-order valence-corrected chi connectivity index (χ1v) is 6.82. The van der Waals surface area contributed by atoms with Gasteiger partial charge in [-0.3, -0.25) is 0 Å². The van der Waals surface area contributed by atoms with Crippen molar-refractivity contribution in [3.8, 4) is 0 Å². The number of methoxy groups -OCH3 is 1. The van der Waals surface area contributed by atoms with Crippen LogP contribution in [0.4, 0.5) is 0 Å². The van der Waals surface area contributed by atoms with Crippen molar-refractivity contribution in [1.82, 2.24) is 9.97 Å². The number of ether oxygens (including phenoxy) is 2. The molecule has 0 saturated heterocycles. The number of thioether (sulfide) groups is 1. The van der Waals surface area contributed by atoms with Gasteiger partial charge in [0.25, 0.3) is 0 Å². The van der Waals surface area contributed by atoms with E-state index in [1.807, 2.05) is 0 Å². The second-order valence-corrected chi connectivity index (χ2v) is 4.88. The van der Waals surface area contributed by atoms with Crippen LogP contribution in [0, 0.1) is 13.8 Å². The molecule has 0 aliphatic heterocycles. The Morgan fingerprint density at radius 3 is 2.63 bits per heavy atom. The summed E-state index contributed by atoms with van der Waals surface area (Å²) >= 11 is 1.36. The molecule has 0 aliphatic rings. The van der Waals surface area contributed by atoms with Gasteiger partial charge in [0.05, 0.1) is 25.5 Å². The first kappa shape index (κ1) is 15.9. The maximum atomic E-state index is 11.2. The largest absolute Gasteiger partial charge is 0.478 e. The highest BCUT2D eigenvalue weighted by molar-refractivity contribution is 7.99. The summed E-state index contributed by atoms with van der Waals surface area (Å²) in [6, 6.07) is 0. The van der Waals surface area contributed by atoms with Gasteiger partial charge in [0, 0.05) is 12.9 Å². The van der Waals surface area contributed by atoms with Crippen LogP contribution < -0.4 is 0 Å². The van der Waals surface area contributed by atoms with E-state index in [9.17, 15) is 4.79 Å². The third-order valence-corrected chi connectivity index (χ3v) is 3.22. The summed E-state index contributed by atoms with van der Waals surface area (Å²) < 4.78 is 10.2. The van der Waals surface area contributed by atoms with Crippen LogP contribution in [0.25, 0.3) is 0 Å². The van der Waals surface area contributed by atoms with Crippen molar-refractivity contribution in [2.24, 2.45) is 0 Å². The minimum atomic E-state index is -1.000. The molecule has 0 bridgehead atoms. The maximum absolute atomic E-state index is 11.2. The third kappa shape index (κ3) is 5.14. The summed E-state index contributed by atoms with van der Waals surface area (Å²) in [5.41, 5.74) is 0.662. The Hall–Kier alpha value is -1.18. The summed E-state index contributed by atoms with van der Waals surface area (Å²) in [7, 11) is 1.61. The quantitative estimate of drug-likeness (QED) is 0.441. The van der Waals surface area contributed by atoms with E-state index in [1.165, 1.54) is 11.8 Å². The zero-order valence-electron chi connectivity index (χ0n) is 11.3. The van der Waals surface area contributed by atoms with Crippen LogP contribution >= 0.6 is 11.8 Å². The van der Waals surface area contributed by atoms with Gasteiger partial charge < -0.3 is 14.6 Å². The number of carbonyl (C=O) groups is 1. The van der Waals surface area contributed by atoms with Gasteiger partial charge in [-0.25, -0.2) is 14.8 Å². The second-order valence-electron chi connectivity index (χ2n) is 3.80. The van der Waals surface area contributed by atoms with Gasteiger partial charge >= 0.3 is 5.97 Å². The lowest BCUT2D eigenvalue weighted by Crippen LogP contribution is -2.09. The number of carboxylic acids is 1. The topological polar surface area (TPSA) is 81.5 Å². The molecule has 1 heterocycles. The standard InChI is InChI=1S/C12H18N2O4S/c1-8-10(12(15)16)11(14-9(2)13-8)19-7-6-18-5-4-17-3/h4-7H2,1-3H3,(H,15,16). The fourth-order valence-corrected chi connectivity index (χ4v) is 2.44. The Labute approximate surface area is 116 Å². The molecule has 0 saturated carbocycles. The third-order valence-electron chi connectivity index (χ3n) is 2.28. The predicted molar refractivity (Wildman–Crippen MR) is 71.9 cm³/mol. The van der Waals surface area contributed by atoms with Gasteiger partial charge in [0.1, 0.15) is 16.4 Å². The molecule has 0 radical (unpaired) electrons. The van der Waals surface area contributed by atoms with Crippen molar-refractivity contribution < 1.29 is 19.4 Å². The number of nitrogens with zero attached hydrogens (tertiary/aromatic N) is 2. The summed E-state index contributed by atoms with van der Waals surface area (Å²) in [6.07, 6.45) is 0. The first-order chi connectivity index (χ1) is 9.06. The molecule has 1 aromatic heterocycles. The van der Waals surface area contributed by atoms with Crippen LogP contribution in [0.3, 0.4) is 0 Å². The van der Waals surface area contributed by atoms with E-state index < -0.39 is 5.97 Å².